The molecule has 0 saturated carbocycles. The highest BCUT2D eigenvalue weighted by Gasteiger charge is 2.23. The third-order valence-electron chi connectivity index (χ3n) is 4.51. The van der Waals surface area contributed by atoms with Crippen molar-refractivity contribution in [1.82, 2.24) is 9.88 Å². The number of rotatable bonds is 3. The highest BCUT2D eigenvalue weighted by atomic mass is 35.5. The fourth-order valence-corrected chi connectivity index (χ4v) is 3.37. The van der Waals surface area contributed by atoms with Gasteiger partial charge in [-0.15, -0.1) is 0 Å². The number of anilines is 1. The number of aryl methyl sites for hydroxylation is 1. The maximum Gasteiger partial charge on any atom is 0.257 e. The Hall–Kier alpha value is -2.27. The van der Waals surface area contributed by atoms with Crippen LogP contribution in [0.25, 0.3) is 0 Å². The topological polar surface area (TPSA) is 45.7 Å². The highest BCUT2D eigenvalue weighted by Crippen LogP contribution is 2.25. The summed E-state index contributed by atoms with van der Waals surface area (Å²) >= 11 is 6.07. The minimum absolute atomic E-state index is 0.0346. The number of nitrogens with zero attached hydrogens (tertiary/aromatic N) is 3. The molecule has 6 heteroatoms. The van der Waals surface area contributed by atoms with E-state index in [1.54, 1.807) is 25.3 Å². The van der Waals surface area contributed by atoms with E-state index in [1.165, 1.54) is 5.69 Å². The normalized spacial score (nSPS) is 15.0. The predicted molar refractivity (Wildman–Crippen MR) is 99.7 cm³/mol. The van der Waals surface area contributed by atoms with Gasteiger partial charge in [-0.25, -0.2) is 0 Å². The second kappa shape index (κ2) is 7.74. The number of pyridine rings is 1. The minimum Gasteiger partial charge on any atom is -0.496 e. The van der Waals surface area contributed by atoms with Crippen LogP contribution in [0.5, 0.6) is 5.75 Å². The Morgan fingerprint density at radius 2 is 2.04 bits per heavy atom. The molecule has 0 atom stereocenters. The first-order chi connectivity index (χ1) is 12.1. The van der Waals surface area contributed by atoms with E-state index in [-0.39, 0.29) is 5.91 Å². The molecule has 2 aromatic rings. The lowest BCUT2D eigenvalue weighted by Gasteiger charge is -2.25. The molecule has 0 radical (unpaired) electrons. The molecule has 1 saturated heterocycles. The van der Waals surface area contributed by atoms with E-state index < -0.39 is 0 Å². The number of halogens is 1. The summed E-state index contributed by atoms with van der Waals surface area (Å²) in [6.07, 6.45) is 4.60. The van der Waals surface area contributed by atoms with E-state index in [1.807, 2.05) is 23.4 Å². The molecule has 3 rings (SSSR count). The van der Waals surface area contributed by atoms with Gasteiger partial charge in [0.05, 0.1) is 12.7 Å². The number of aromatic nitrogens is 1. The van der Waals surface area contributed by atoms with Crippen molar-refractivity contribution in [3.05, 3.63) is 52.8 Å². The third-order valence-corrected chi connectivity index (χ3v) is 4.74. The van der Waals surface area contributed by atoms with Crippen molar-refractivity contribution in [2.24, 2.45) is 0 Å². The van der Waals surface area contributed by atoms with Gasteiger partial charge >= 0.3 is 0 Å². The van der Waals surface area contributed by atoms with E-state index >= 15 is 0 Å². The summed E-state index contributed by atoms with van der Waals surface area (Å²) in [7, 11) is 1.57. The number of hydrogen-bond donors (Lipinski definition) is 0. The monoisotopic (exact) mass is 359 g/mol. The van der Waals surface area contributed by atoms with Crippen LogP contribution in [0.15, 0.2) is 36.7 Å². The molecule has 1 aromatic carbocycles. The first kappa shape index (κ1) is 17.5. The van der Waals surface area contributed by atoms with Gasteiger partial charge in [0, 0.05) is 49.3 Å². The lowest BCUT2D eigenvalue weighted by molar-refractivity contribution is 0.0763. The van der Waals surface area contributed by atoms with Crippen LogP contribution in [0.1, 0.15) is 22.3 Å². The van der Waals surface area contributed by atoms with Crippen molar-refractivity contribution >= 4 is 23.2 Å². The maximum atomic E-state index is 13.0. The summed E-state index contributed by atoms with van der Waals surface area (Å²) in [6.45, 7) is 5.15. The summed E-state index contributed by atoms with van der Waals surface area (Å²) in [5, 5.41) is 0.535. The molecule has 2 heterocycles. The van der Waals surface area contributed by atoms with Crippen LogP contribution in [0, 0.1) is 6.92 Å². The smallest absolute Gasteiger partial charge is 0.257 e. The third kappa shape index (κ3) is 3.87. The molecule has 0 bridgehead atoms. The first-order valence-electron chi connectivity index (χ1n) is 8.38. The van der Waals surface area contributed by atoms with Crippen LogP contribution in [0.4, 0.5) is 5.69 Å². The lowest BCUT2D eigenvalue weighted by atomic mass is 10.1. The second-order valence-electron chi connectivity index (χ2n) is 6.14. The predicted octanol–water partition coefficient (Wildman–Crippen LogP) is 3.40. The number of carbonyl (C=O) groups excluding carboxylic acids is 1. The maximum absolute atomic E-state index is 13.0. The molecule has 0 spiro atoms. The van der Waals surface area contributed by atoms with Crippen LogP contribution in [0.3, 0.4) is 0 Å². The van der Waals surface area contributed by atoms with Gasteiger partial charge in [0.2, 0.25) is 0 Å². The highest BCUT2D eigenvalue weighted by molar-refractivity contribution is 6.31. The van der Waals surface area contributed by atoms with E-state index in [0.29, 0.717) is 22.9 Å². The van der Waals surface area contributed by atoms with Crippen LogP contribution in [-0.2, 0) is 0 Å². The Morgan fingerprint density at radius 1 is 1.20 bits per heavy atom. The molecule has 1 aromatic heterocycles. The molecular formula is C19H22ClN3O2. The Kier molecular flexibility index (Phi) is 5.43. The van der Waals surface area contributed by atoms with Gasteiger partial charge in [-0.1, -0.05) is 11.6 Å². The molecule has 1 aliphatic heterocycles. The Labute approximate surface area is 153 Å². The van der Waals surface area contributed by atoms with Gasteiger partial charge in [0.25, 0.3) is 5.91 Å². The number of benzene rings is 1. The molecular weight excluding hydrogens is 338 g/mol. The van der Waals surface area contributed by atoms with Crippen molar-refractivity contribution in [2.45, 2.75) is 13.3 Å². The number of methoxy groups -OCH3 is 1. The summed E-state index contributed by atoms with van der Waals surface area (Å²) in [5.41, 5.74) is 2.85. The molecule has 1 aliphatic rings. The summed E-state index contributed by atoms with van der Waals surface area (Å²) in [4.78, 5) is 21.3. The second-order valence-corrected chi connectivity index (χ2v) is 6.58. The lowest BCUT2D eigenvalue weighted by Crippen LogP contribution is -2.35. The van der Waals surface area contributed by atoms with Crippen molar-refractivity contribution in [3.63, 3.8) is 0 Å². The zero-order valence-electron chi connectivity index (χ0n) is 14.5. The van der Waals surface area contributed by atoms with E-state index in [4.69, 9.17) is 16.3 Å². The molecule has 1 amide bonds. The van der Waals surface area contributed by atoms with Crippen LogP contribution < -0.4 is 9.64 Å². The molecule has 5 nitrogen and oxygen atoms in total. The fraction of sp³-hybridized carbons (Fsp3) is 0.368. The average molecular weight is 360 g/mol. The zero-order valence-corrected chi connectivity index (χ0v) is 15.3. The van der Waals surface area contributed by atoms with Crippen molar-refractivity contribution < 1.29 is 9.53 Å². The quantitative estimate of drug-likeness (QED) is 0.842. The zero-order chi connectivity index (χ0) is 17.8. The summed E-state index contributed by atoms with van der Waals surface area (Å²) in [6, 6.07) is 7.18. The minimum atomic E-state index is -0.0346. The first-order valence-corrected chi connectivity index (χ1v) is 8.76. The molecule has 1 fully saturated rings. The standard InChI is InChI=1S/C19H22ClN3O2/c1-14-13-21-7-6-17(14)22-8-3-9-23(11-10-22)19(24)16-12-15(20)4-5-18(16)25-2/h4-7,12-13H,3,8-11H2,1-2H3. The molecule has 132 valence electrons. The van der Waals surface area contributed by atoms with E-state index in [2.05, 4.69) is 16.8 Å². The molecule has 25 heavy (non-hydrogen) atoms. The number of hydrogen-bond acceptors (Lipinski definition) is 4. The van der Waals surface area contributed by atoms with Gasteiger partial charge in [-0.3, -0.25) is 9.78 Å². The fourth-order valence-electron chi connectivity index (χ4n) is 3.20. The molecule has 0 aliphatic carbocycles. The van der Waals surface area contributed by atoms with E-state index in [9.17, 15) is 4.79 Å². The van der Waals surface area contributed by atoms with E-state index in [0.717, 1.165) is 31.6 Å². The summed E-state index contributed by atoms with van der Waals surface area (Å²) < 4.78 is 5.33. The van der Waals surface area contributed by atoms with Crippen molar-refractivity contribution in [3.8, 4) is 5.75 Å². The largest absolute Gasteiger partial charge is 0.496 e. The van der Waals surface area contributed by atoms with Gasteiger partial charge in [-0.05, 0) is 43.2 Å². The SMILES string of the molecule is COc1ccc(Cl)cc1C(=O)N1CCCN(c2ccncc2C)CC1. The Balaban J connectivity index is 1.76. The van der Waals surface area contributed by atoms with Gasteiger partial charge in [0.1, 0.15) is 5.75 Å². The van der Waals surface area contributed by atoms with Gasteiger partial charge < -0.3 is 14.5 Å². The average Bonchev–Trinajstić information content (AvgIpc) is 2.87. The van der Waals surface area contributed by atoms with Crippen molar-refractivity contribution in [1.29, 1.82) is 0 Å². The molecule has 0 N–H and O–H groups in total. The Morgan fingerprint density at radius 3 is 2.80 bits per heavy atom. The van der Waals surface area contributed by atoms with Crippen molar-refractivity contribution in [2.75, 3.05) is 38.2 Å². The molecule has 0 unspecified atom stereocenters. The summed E-state index contributed by atoms with van der Waals surface area (Å²) in [5.74, 6) is 0.521. The van der Waals surface area contributed by atoms with Crippen LogP contribution in [0.2, 0.25) is 5.02 Å². The van der Waals surface area contributed by atoms with Gasteiger partial charge in [-0.2, -0.15) is 0 Å². The Bertz CT molecular complexity index is 766. The van der Waals surface area contributed by atoms with Crippen LogP contribution in [-0.4, -0.2) is 49.1 Å². The van der Waals surface area contributed by atoms with Gasteiger partial charge in [0.15, 0.2) is 0 Å². The van der Waals surface area contributed by atoms with Crippen LogP contribution >= 0.6 is 11.6 Å². The number of carbonyl (C=O) groups is 1. The number of amides is 1. The number of ether oxygens (including phenoxy) is 1.